The molecule has 0 radical (unpaired) electrons. The lowest BCUT2D eigenvalue weighted by Gasteiger charge is -2.16. The molecule has 0 bridgehead atoms. The average molecular weight is 233 g/mol. The van der Waals surface area contributed by atoms with E-state index in [-0.39, 0.29) is 12.4 Å². The second-order valence-corrected chi connectivity index (χ2v) is 9.08. The average Bonchev–Trinajstić information content (AvgIpc) is 1.76. The summed E-state index contributed by atoms with van der Waals surface area (Å²) in [4.78, 5) is 19.2. The summed E-state index contributed by atoms with van der Waals surface area (Å²) in [6.45, 7) is -1.21. The molecule has 12 heavy (non-hydrogen) atoms. The molecule has 0 rings (SSSR count). The molecule has 0 saturated heterocycles. The van der Waals surface area contributed by atoms with Crippen LogP contribution in [0.4, 0.5) is 0 Å². The van der Waals surface area contributed by atoms with E-state index in [0.717, 1.165) is 24.7 Å². The van der Waals surface area contributed by atoms with Crippen LogP contribution in [-0.4, -0.2) is 30.6 Å². The Hall–Kier alpha value is 0.690. The van der Waals surface area contributed by atoms with Gasteiger partial charge in [0.2, 0.25) is 0 Å². The summed E-state index contributed by atoms with van der Waals surface area (Å²) in [6, 6.07) is 0. The van der Waals surface area contributed by atoms with Crippen LogP contribution in [0.15, 0.2) is 0 Å². The first-order valence-corrected chi connectivity index (χ1v) is 8.77. The Balaban J connectivity index is 3.48. The van der Waals surface area contributed by atoms with Gasteiger partial charge in [-0.1, -0.05) is 0 Å². The van der Waals surface area contributed by atoms with Gasteiger partial charge < -0.3 is 18.9 Å². The summed E-state index contributed by atoms with van der Waals surface area (Å²) in [5.74, 6) is 0.176. The van der Waals surface area contributed by atoms with E-state index < -0.39 is 14.2 Å². The fourth-order valence-electron chi connectivity index (χ4n) is 0.410. The Morgan fingerprint density at radius 2 is 2.00 bits per heavy atom. The van der Waals surface area contributed by atoms with Crippen LogP contribution in [0.3, 0.4) is 0 Å². The lowest BCUT2D eigenvalue weighted by Crippen LogP contribution is -1.99. The third-order valence-corrected chi connectivity index (χ3v) is 4.17. The smallest absolute Gasteiger partial charge is 0.325 e. The first-order valence-electron chi connectivity index (χ1n) is 3.08. The highest BCUT2D eigenvalue weighted by Crippen LogP contribution is 2.46. The fraction of sp³-hybridized carbons (Fsp3) is 1.00. The highest BCUT2D eigenvalue weighted by Gasteiger charge is 2.09. The molecule has 0 aromatic carbocycles. The maximum absolute atomic E-state index is 10.6. The van der Waals surface area contributed by atoms with Crippen LogP contribution in [0, 0.1) is 0 Å². The van der Waals surface area contributed by atoms with Gasteiger partial charge in [-0.05, 0) is 6.66 Å². The normalized spacial score (nSPS) is 21.3. The molecule has 2 unspecified atom stereocenters. The first kappa shape index (κ1) is 12.7. The quantitative estimate of drug-likeness (QED) is 0.556. The van der Waals surface area contributed by atoms with Crippen molar-refractivity contribution in [3.8, 4) is 0 Å². The van der Waals surface area contributed by atoms with E-state index >= 15 is 0 Å². The van der Waals surface area contributed by atoms with Crippen molar-refractivity contribution in [2.75, 3.05) is 25.7 Å². The number of rotatable bonds is 5. The van der Waals surface area contributed by atoms with E-state index in [2.05, 4.69) is 4.52 Å². The highest BCUT2D eigenvalue weighted by atomic mass is 32.7. The lowest BCUT2D eigenvalue weighted by molar-refractivity contribution is -0.166. The molecule has 0 aliphatic heterocycles. The van der Waals surface area contributed by atoms with Gasteiger partial charge in [-0.15, -0.1) is 11.4 Å². The zero-order chi connectivity index (χ0) is 9.83. The molecular formula is C4H11O5P2S-. The molecule has 0 amide bonds. The molecule has 0 aliphatic rings. The monoisotopic (exact) mass is 233 g/mol. The minimum atomic E-state index is -3.45. The summed E-state index contributed by atoms with van der Waals surface area (Å²) in [5.41, 5.74) is 0. The molecule has 0 aromatic rings. The van der Waals surface area contributed by atoms with Crippen LogP contribution in [0.5, 0.6) is 0 Å². The Bertz CT molecular complexity index is 193. The van der Waals surface area contributed by atoms with Crippen LogP contribution in [0.2, 0.25) is 0 Å². The predicted molar refractivity (Wildman–Crippen MR) is 47.7 cm³/mol. The molecule has 0 aromatic heterocycles. The number of hydrogen-bond donors (Lipinski definition) is 1. The summed E-state index contributed by atoms with van der Waals surface area (Å²) in [7, 11) is -3.45. The maximum Gasteiger partial charge on any atom is 0.325 e. The molecule has 74 valence electrons. The molecule has 0 fully saturated rings. The van der Waals surface area contributed by atoms with Gasteiger partial charge in [0.05, 0.1) is 13.2 Å². The molecule has 1 N–H and O–H groups in total. The second-order valence-electron chi connectivity index (χ2n) is 2.24. The Morgan fingerprint density at radius 3 is 2.33 bits per heavy atom. The van der Waals surface area contributed by atoms with Gasteiger partial charge in [0, 0.05) is 12.4 Å². The minimum absolute atomic E-state index is 0.0327. The van der Waals surface area contributed by atoms with Crippen molar-refractivity contribution in [2.24, 2.45) is 0 Å². The van der Waals surface area contributed by atoms with Crippen molar-refractivity contribution < 1.29 is 23.4 Å². The van der Waals surface area contributed by atoms with E-state index in [4.69, 9.17) is 4.89 Å². The van der Waals surface area contributed by atoms with Gasteiger partial charge >= 0.3 is 7.60 Å². The molecule has 0 spiro atoms. The summed E-state index contributed by atoms with van der Waals surface area (Å²) in [5, 5.41) is 0. The molecule has 2 atom stereocenters. The summed E-state index contributed by atoms with van der Waals surface area (Å²) < 4.78 is 25.5. The van der Waals surface area contributed by atoms with Crippen molar-refractivity contribution in [3.63, 3.8) is 0 Å². The molecule has 0 saturated carbocycles. The van der Waals surface area contributed by atoms with Crippen LogP contribution in [-0.2, 0) is 13.7 Å². The van der Waals surface area contributed by atoms with Gasteiger partial charge in [0.15, 0.2) is 0 Å². The first-order chi connectivity index (χ1) is 5.21. The van der Waals surface area contributed by atoms with Crippen molar-refractivity contribution in [3.05, 3.63) is 0 Å². The fourth-order valence-corrected chi connectivity index (χ4v) is 2.67. The molecule has 8 heteroatoms. The van der Waals surface area contributed by atoms with E-state index in [0.29, 0.717) is 0 Å². The molecule has 0 aliphatic carbocycles. The molecule has 0 heterocycles. The van der Waals surface area contributed by atoms with Gasteiger partial charge in [-0.2, -0.15) is 0 Å². The van der Waals surface area contributed by atoms with Gasteiger partial charge in [-0.25, -0.2) is 0 Å². The topological polar surface area (TPSA) is 86.7 Å². The van der Waals surface area contributed by atoms with E-state index in [1.165, 1.54) is 0 Å². The number of hydrogen-bond acceptors (Lipinski definition) is 5. The van der Waals surface area contributed by atoms with Gasteiger partial charge in [-0.3, -0.25) is 4.57 Å². The predicted octanol–water partition coefficient (Wildman–Crippen LogP) is 0.735. The van der Waals surface area contributed by atoms with E-state index in [1.807, 2.05) is 0 Å². The SMILES string of the molecule is CP(=O)(O)OCCSP(C)(=O)[O-]. The Labute approximate surface area is 75.2 Å². The van der Waals surface area contributed by atoms with Crippen LogP contribution >= 0.6 is 25.5 Å². The van der Waals surface area contributed by atoms with Crippen LogP contribution < -0.4 is 4.89 Å². The summed E-state index contributed by atoms with van der Waals surface area (Å²) in [6.07, 6.45) is 0. The third kappa shape index (κ3) is 10.7. The van der Waals surface area contributed by atoms with Crippen molar-refractivity contribution in [1.82, 2.24) is 0 Å². The zero-order valence-electron chi connectivity index (χ0n) is 6.80. The Kier molecular flexibility index (Phi) is 5.07. The van der Waals surface area contributed by atoms with Crippen LogP contribution in [0.25, 0.3) is 0 Å². The van der Waals surface area contributed by atoms with Crippen molar-refractivity contribution >= 4 is 25.5 Å². The van der Waals surface area contributed by atoms with Crippen molar-refractivity contribution in [2.45, 2.75) is 0 Å². The Morgan fingerprint density at radius 1 is 1.50 bits per heavy atom. The van der Waals surface area contributed by atoms with Gasteiger partial charge in [0.25, 0.3) is 0 Å². The molecular weight excluding hydrogens is 222 g/mol. The molecule has 5 nitrogen and oxygen atoms in total. The zero-order valence-corrected chi connectivity index (χ0v) is 9.40. The highest BCUT2D eigenvalue weighted by molar-refractivity contribution is 8.55. The van der Waals surface area contributed by atoms with Crippen LogP contribution in [0.1, 0.15) is 0 Å². The second kappa shape index (κ2) is 4.80. The largest absolute Gasteiger partial charge is 0.792 e. The van der Waals surface area contributed by atoms with Gasteiger partial charge in [0.1, 0.15) is 0 Å². The third-order valence-electron chi connectivity index (χ3n) is 0.740. The lowest BCUT2D eigenvalue weighted by atomic mass is 10.9. The van der Waals surface area contributed by atoms with E-state index in [9.17, 15) is 14.0 Å². The van der Waals surface area contributed by atoms with Crippen molar-refractivity contribution in [1.29, 1.82) is 0 Å². The maximum atomic E-state index is 10.6. The minimum Gasteiger partial charge on any atom is -0.792 e. The summed E-state index contributed by atoms with van der Waals surface area (Å²) >= 11 is 0.717. The van der Waals surface area contributed by atoms with E-state index in [1.54, 1.807) is 0 Å². The standard InChI is InChI=1S/C4H12O5P2S/c1-10(5,6)9-3-4-12-11(2,7)8/h3-4H2,1-2H3,(H,5,6)(H,7,8)/p-1.